The number of carbonyl (C=O) groups excluding carboxylic acids is 1. The highest BCUT2D eigenvalue weighted by Gasteiger charge is 2.32. The molecule has 0 saturated carbocycles. The molecular weight excluding hydrogens is 436 g/mol. The molecule has 6 nitrogen and oxygen atoms in total. The van der Waals surface area contributed by atoms with E-state index in [4.69, 9.17) is 4.74 Å². The smallest absolute Gasteiger partial charge is 0.242 e. The van der Waals surface area contributed by atoms with Crippen molar-refractivity contribution in [3.63, 3.8) is 0 Å². The van der Waals surface area contributed by atoms with Gasteiger partial charge in [0.15, 0.2) is 9.84 Å². The molecule has 0 bridgehead atoms. The van der Waals surface area contributed by atoms with Crippen LogP contribution in [0.25, 0.3) is 0 Å². The second-order valence-electron chi connectivity index (χ2n) is 8.14. The van der Waals surface area contributed by atoms with Gasteiger partial charge in [-0.05, 0) is 28.8 Å². The fourth-order valence-corrected chi connectivity index (χ4v) is 5.15. The number of nitrogens with zero attached hydrogens (tertiary/aromatic N) is 1. The van der Waals surface area contributed by atoms with Crippen LogP contribution in [-0.4, -0.2) is 43.8 Å². The summed E-state index contributed by atoms with van der Waals surface area (Å²) in [4.78, 5) is 15.2. The van der Waals surface area contributed by atoms with Crippen LogP contribution in [0.5, 0.6) is 5.75 Å². The van der Waals surface area contributed by atoms with Crippen molar-refractivity contribution >= 4 is 15.7 Å². The summed E-state index contributed by atoms with van der Waals surface area (Å²) in [5, 5.41) is 3.03. The van der Waals surface area contributed by atoms with Gasteiger partial charge < -0.3 is 10.1 Å². The van der Waals surface area contributed by atoms with E-state index >= 15 is 0 Å². The Hall–Kier alpha value is -3.16. The van der Waals surface area contributed by atoms with Crippen LogP contribution in [0.3, 0.4) is 0 Å². The predicted octanol–water partition coefficient (Wildman–Crippen LogP) is 3.35. The van der Waals surface area contributed by atoms with Crippen molar-refractivity contribution in [2.45, 2.75) is 19.2 Å². The fraction of sp³-hybridized carbons (Fsp3) is 0.269. The molecule has 172 valence electrons. The molecule has 1 saturated heterocycles. The lowest BCUT2D eigenvalue weighted by Gasteiger charge is -2.33. The summed E-state index contributed by atoms with van der Waals surface area (Å²) in [5.74, 6) is 0.747. The average molecular weight is 465 g/mol. The number of benzene rings is 3. The third-order valence-electron chi connectivity index (χ3n) is 5.72. The summed E-state index contributed by atoms with van der Waals surface area (Å²) < 4.78 is 29.6. The van der Waals surface area contributed by atoms with Gasteiger partial charge in [0.05, 0.1) is 11.5 Å². The Balaban J connectivity index is 1.41. The van der Waals surface area contributed by atoms with Gasteiger partial charge in [0.2, 0.25) is 5.91 Å². The molecule has 1 aliphatic rings. The molecule has 1 heterocycles. The molecule has 1 fully saturated rings. The van der Waals surface area contributed by atoms with E-state index in [0.29, 0.717) is 26.2 Å². The van der Waals surface area contributed by atoms with Crippen molar-refractivity contribution in [3.05, 3.63) is 102 Å². The van der Waals surface area contributed by atoms with Gasteiger partial charge in [0, 0.05) is 19.6 Å². The second-order valence-corrected chi connectivity index (χ2v) is 10.4. The van der Waals surface area contributed by atoms with Gasteiger partial charge in [-0.3, -0.25) is 9.69 Å². The Morgan fingerprint density at radius 3 is 2.21 bits per heavy atom. The van der Waals surface area contributed by atoms with Crippen LogP contribution in [-0.2, 0) is 27.8 Å². The molecule has 33 heavy (non-hydrogen) atoms. The lowest BCUT2D eigenvalue weighted by atomic mass is 10.0. The maximum Gasteiger partial charge on any atom is 0.242 e. The number of carbonyl (C=O) groups is 1. The van der Waals surface area contributed by atoms with Gasteiger partial charge in [0.1, 0.15) is 18.4 Å². The molecule has 0 aliphatic carbocycles. The number of hydrogen-bond donors (Lipinski definition) is 1. The molecule has 4 rings (SSSR count). The van der Waals surface area contributed by atoms with Crippen molar-refractivity contribution in [2.24, 2.45) is 0 Å². The Bertz CT molecular complexity index is 1150. The number of sulfone groups is 1. The first kappa shape index (κ1) is 23.0. The molecule has 1 N–H and O–H groups in total. The Kier molecular flexibility index (Phi) is 7.42. The van der Waals surface area contributed by atoms with Gasteiger partial charge in [-0.1, -0.05) is 72.8 Å². The van der Waals surface area contributed by atoms with E-state index in [1.165, 1.54) is 0 Å². The fourth-order valence-electron chi connectivity index (χ4n) is 3.92. The maximum absolute atomic E-state index is 13.2. The van der Waals surface area contributed by atoms with Crippen molar-refractivity contribution in [1.82, 2.24) is 10.2 Å². The predicted molar refractivity (Wildman–Crippen MR) is 128 cm³/mol. The molecule has 1 unspecified atom stereocenters. The summed E-state index contributed by atoms with van der Waals surface area (Å²) in [7, 11) is -3.03. The lowest BCUT2D eigenvalue weighted by Crippen LogP contribution is -2.47. The average Bonchev–Trinajstić information content (AvgIpc) is 2.84. The zero-order valence-corrected chi connectivity index (χ0v) is 19.2. The van der Waals surface area contributed by atoms with E-state index in [1.54, 1.807) is 0 Å². The first-order valence-corrected chi connectivity index (χ1v) is 12.9. The Morgan fingerprint density at radius 1 is 0.879 bits per heavy atom. The van der Waals surface area contributed by atoms with Crippen LogP contribution >= 0.6 is 0 Å². The molecule has 1 atom stereocenters. The van der Waals surface area contributed by atoms with E-state index < -0.39 is 15.9 Å². The van der Waals surface area contributed by atoms with Crippen molar-refractivity contribution in [2.75, 3.05) is 24.6 Å². The van der Waals surface area contributed by atoms with Crippen molar-refractivity contribution in [1.29, 1.82) is 0 Å². The molecule has 3 aromatic rings. The summed E-state index contributed by atoms with van der Waals surface area (Å²) >= 11 is 0. The maximum atomic E-state index is 13.2. The highest BCUT2D eigenvalue weighted by Crippen LogP contribution is 2.23. The number of hydrogen-bond acceptors (Lipinski definition) is 5. The second kappa shape index (κ2) is 10.6. The normalized spacial score (nSPS) is 16.6. The number of amides is 1. The molecule has 0 radical (unpaired) electrons. The topological polar surface area (TPSA) is 75.7 Å². The monoisotopic (exact) mass is 464 g/mol. The van der Waals surface area contributed by atoms with Crippen LogP contribution in [0.15, 0.2) is 84.9 Å². The number of rotatable bonds is 8. The van der Waals surface area contributed by atoms with E-state index in [-0.39, 0.29) is 17.4 Å². The van der Waals surface area contributed by atoms with Crippen LogP contribution in [0.1, 0.15) is 22.7 Å². The Labute approximate surface area is 195 Å². The molecular formula is C26H28N2O4S. The minimum Gasteiger partial charge on any atom is -0.489 e. The molecule has 0 spiro atoms. The largest absolute Gasteiger partial charge is 0.489 e. The zero-order chi connectivity index (χ0) is 23.1. The SMILES string of the molecule is O=C(NCc1cccc(OCc2ccccc2)c1)C(c1ccccc1)N1CCS(=O)(=O)CC1. The van der Waals surface area contributed by atoms with E-state index in [0.717, 1.165) is 22.4 Å². The highest BCUT2D eigenvalue weighted by atomic mass is 32.2. The van der Waals surface area contributed by atoms with E-state index in [2.05, 4.69) is 5.32 Å². The zero-order valence-electron chi connectivity index (χ0n) is 18.4. The molecule has 1 amide bonds. The van der Waals surface area contributed by atoms with Gasteiger partial charge in [0.25, 0.3) is 0 Å². The third kappa shape index (κ3) is 6.43. The standard InChI is InChI=1S/C26H28N2O4S/c29-26(25(23-11-5-2-6-12-23)28-14-16-33(30,31)17-15-28)27-19-22-10-7-13-24(18-22)32-20-21-8-3-1-4-9-21/h1-13,18,25H,14-17,19-20H2,(H,27,29). The molecule has 0 aromatic heterocycles. The van der Waals surface area contributed by atoms with E-state index in [9.17, 15) is 13.2 Å². The first-order chi connectivity index (χ1) is 16.0. The van der Waals surface area contributed by atoms with Gasteiger partial charge in [-0.2, -0.15) is 0 Å². The summed E-state index contributed by atoms with van der Waals surface area (Å²) in [5.41, 5.74) is 2.88. The molecule has 1 aliphatic heterocycles. The van der Waals surface area contributed by atoms with Crippen LogP contribution in [0.4, 0.5) is 0 Å². The minimum atomic E-state index is -3.03. The van der Waals surface area contributed by atoms with Gasteiger partial charge in [-0.15, -0.1) is 0 Å². The van der Waals surface area contributed by atoms with Gasteiger partial charge >= 0.3 is 0 Å². The number of ether oxygens (including phenoxy) is 1. The first-order valence-electron chi connectivity index (χ1n) is 11.0. The third-order valence-corrected chi connectivity index (χ3v) is 7.33. The minimum absolute atomic E-state index is 0.0738. The number of nitrogens with one attached hydrogen (secondary N) is 1. The quantitative estimate of drug-likeness (QED) is 0.553. The van der Waals surface area contributed by atoms with Crippen LogP contribution in [0.2, 0.25) is 0 Å². The van der Waals surface area contributed by atoms with Crippen LogP contribution < -0.4 is 10.1 Å². The van der Waals surface area contributed by atoms with E-state index in [1.807, 2.05) is 89.8 Å². The summed E-state index contributed by atoms with van der Waals surface area (Å²) in [6, 6.07) is 26.6. The Morgan fingerprint density at radius 2 is 1.52 bits per heavy atom. The molecule has 7 heteroatoms. The van der Waals surface area contributed by atoms with Crippen molar-refractivity contribution in [3.8, 4) is 5.75 Å². The molecule has 3 aromatic carbocycles. The summed E-state index contributed by atoms with van der Waals surface area (Å²) in [6.07, 6.45) is 0. The highest BCUT2D eigenvalue weighted by molar-refractivity contribution is 7.91. The lowest BCUT2D eigenvalue weighted by molar-refractivity contribution is -0.126. The van der Waals surface area contributed by atoms with Gasteiger partial charge in [-0.25, -0.2) is 8.42 Å². The van der Waals surface area contributed by atoms with Crippen LogP contribution in [0, 0.1) is 0 Å². The summed E-state index contributed by atoms with van der Waals surface area (Å²) in [6.45, 7) is 1.53. The van der Waals surface area contributed by atoms with Crippen molar-refractivity contribution < 1.29 is 17.9 Å².